The summed E-state index contributed by atoms with van der Waals surface area (Å²) in [6.45, 7) is 3.39. The van der Waals surface area contributed by atoms with Gasteiger partial charge in [0.2, 0.25) is 0 Å². The third-order valence-corrected chi connectivity index (χ3v) is 1.44. The maximum Gasteiger partial charge on any atom is 0.274 e. The molecule has 0 aliphatic heterocycles. The summed E-state index contributed by atoms with van der Waals surface area (Å²) in [5, 5.41) is 7.41. The van der Waals surface area contributed by atoms with Gasteiger partial charge in [-0.2, -0.15) is 0 Å². The molecule has 4 nitrogen and oxygen atoms in total. The van der Waals surface area contributed by atoms with E-state index in [1.807, 2.05) is 0 Å². The molecule has 0 saturated carbocycles. The second-order valence-corrected chi connectivity index (χ2v) is 2.20. The first-order chi connectivity index (χ1) is 4.63. The van der Waals surface area contributed by atoms with Crippen molar-refractivity contribution in [2.24, 2.45) is 7.05 Å². The summed E-state index contributed by atoms with van der Waals surface area (Å²) in [6.07, 6.45) is 0. The van der Waals surface area contributed by atoms with Gasteiger partial charge >= 0.3 is 0 Å². The third-order valence-electron chi connectivity index (χ3n) is 1.44. The van der Waals surface area contributed by atoms with Gasteiger partial charge in [-0.1, -0.05) is 0 Å². The summed E-state index contributed by atoms with van der Waals surface area (Å²) >= 11 is 0. The predicted octanol–water partition coefficient (Wildman–Crippen LogP) is -0.208. The van der Waals surface area contributed by atoms with Crippen LogP contribution in [0.5, 0.6) is 0 Å². The molecule has 1 aromatic rings. The number of hydrogen-bond donors (Lipinski definition) is 0. The van der Waals surface area contributed by atoms with Crippen molar-refractivity contribution in [3.8, 4) is 0 Å². The first-order valence-corrected chi connectivity index (χ1v) is 3.00. The lowest BCUT2D eigenvalue weighted by molar-refractivity contribution is 0.710. The SMILES string of the molecule is Cc1nnc(C)n(C)c1=O. The van der Waals surface area contributed by atoms with Crippen LogP contribution in [0.3, 0.4) is 0 Å². The first kappa shape index (κ1) is 6.92. The van der Waals surface area contributed by atoms with Crippen LogP contribution in [0, 0.1) is 13.8 Å². The Morgan fingerprint density at radius 3 is 2.40 bits per heavy atom. The number of nitrogens with zero attached hydrogens (tertiary/aromatic N) is 3. The molecule has 0 aromatic carbocycles. The van der Waals surface area contributed by atoms with E-state index in [0.717, 1.165) is 0 Å². The normalized spacial score (nSPS) is 9.90. The molecule has 10 heavy (non-hydrogen) atoms. The number of aryl methyl sites for hydroxylation is 2. The highest BCUT2D eigenvalue weighted by Crippen LogP contribution is 1.82. The predicted molar refractivity (Wildman–Crippen MR) is 36.7 cm³/mol. The fourth-order valence-electron chi connectivity index (χ4n) is 0.647. The van der Waals surface area contributed by atoms with Crippen molar-refractivity contribution in [3.63, 3.8) is 0 Å². The second-order valence-electron chi connectivity index (χ2n) is 2.20. The van der Waals surface area contributed by atoms with Gasteiger partial charge in [-0.3, -0.25) is 9.36 Å². The van der Waals surface area contributed by atoms with E-state index in [1.54, 1.807) is 20.9 Å². The van der Waals surface area contributed by atoms with Crippen LogP contribution in [0.1, 0.15) is 11.5 Å². The Labute approximate surface area is 58.5 Å². The Hall–Kier alpha value is -1.19. The Morgan fingerprint density at radius 1 is 1.30 bits per heavy atom. The monoisotopic (exact) mass is 139 g/mol. The highest BCUT2D eigenvalue weighted by molar-refractivity contribution is 4.93. The zero-order valence-electron chi connectivity index (χ0n) is 6.25. The molecule has 1 heterocycles. The van der Waals surface area contributed by atoms with Gasteiger partial charge in [-0.15, -0.1) is 10.2 Å². The first-order valence-electron chi connectivity index (χ1n) is 3.00. The van der Waals surface area contributed by atoms with Crippen LogP contribution in [-0.2, 0) is 7.05 Å². The van der Waals surface area contributed by atoms with Gasteiger partial charge in [0.25, 0.3) is 5.56 Å². The molecular weight excluding hydrogens is 130 g/mol. The smallest absolute Gasteiger partial charge is 0.274 e. The van der Waals surface area contributed by atoms with Gasteiger partial charge in [-0.05, 0) is 13.8 Å². The second kappa shape index (κ2) is 2.21. The summed E-state index contributed by atoms with van der Waals surface area (Å²) in [6, 6.07) is 0. The van der Waals surface area contributed by atoms with Gasteiger partial charge in [0, 0.05) is 7.05 Å². The van der Waals surface area contributed by atoms with Crippen LogP contribution < -0.4 is 5.56 Å². The molecule has 0 fully saturated rings. The largest absolute Gasteiger partial charge is 0.297 e. The molecule has 0 saturated heterocycles. The van der Waals surface area contributed by atoms with Gasteiger partial charge in [0.05, 0.1) is 0 Å². The van der Waals surface area contributed by atoms with Crippen LogP contribution in [0.15, 0.2) is 4.79 Å². The minimum Gasteiger partial charge on any atom is -0.297 e. The van der Waals surface area contributed by atoms with E-state index in [2.05, 4.69) is 10.2 Å². The molecule has 54 valence electrons. The van der Waals surface area contributed by atoms with E-state index in [9.17, 15) is 4.79 Å². The van der Waals surface area contributed by atoms with Gasteiger partial charge in [0.15, 0.2) is 0 Å². The molecule has 4 heteroatoms. The molecule has 0 N–H and O–H groups in total. The van der Waals surface area contributed by atoms with E-state index < -0.39 is 0 Å². The van der Waals surface area contributed by atoms with Crippen LogP contribution >= 0.6 is 0 Å². The molecule has 1 aromatic heterocycles. The molecule has 0 bridgehead atoms. The Bertz CT molecular complexity index is 302. The Morgan fingerprint density at radius 2 is 1.90 bits per heavy atom. The van der Waals surface area contributed by atoms with Crippen molar-refractivity contribution in [2.45, 2.75) is 13.8 Å². The molecule has 0 aliphatic rings. The molecule has 0 amide bonds. The van der Waals surface area contributed by atoms with Crippen molar-refractivity contribution in [3.05, 3.63) is 21.9 Å². The molecule has 0 unspecified atom stereocenters. The van der Waals surface area contributed by atoms with Gasteiger partial charge in [0.1, 0.15) is 11.5 Å². The average Bonchev–Trinajstić information content (AvgIpc) is 1.93. The lowest BCUT2D eigenvalue weighted by Crippen LogP contribution is -2.24. The average molecular weight is 139 g/mol. The van der Waals surface area contributed by atoms with Crippen molar-refractivity contribution >= 4 is 0 Å². The van der Waals surface area contributed by atoms with Crippen LogP contribution in [0.2, 0.25) is 0 Å². The van der Waals surface area contributed by atoms with E-state index in [-0.39, 0.29) is 5.56 Å². The van der Waals surface area contributed by atoms with Crippen LogP contribution in [-0.4, -0.2) is 14.8 Å². The molecule has 0 aliphatic carbocycles. The summed E-state index contributed by atoms with van der Waals surface area (Å²) in [7, 11) is 1.68. The minimum absolute atomic E-state index is 0.0764. The summed E-state index contributed by atoms with van der Waals surface area (Å²) in [5.74, 6) is 0.635. The number of hydrogen-bond acceptors (Lipinski definition) is 3. The Kier molecular flexibility index (Phi) is 1.53. The summed E-state index contributed by atoms with van der Waals surface area (Å²) in [5.41, 5.74) is 0.362. The van der Waals surface area contributed by atoms with Crippen molar-refractivity contribution < 1.29 is 0 Å². The fraction of sp³-hybridized carbons (Fsp3) is 0.500. The maximum atomic E-state index is 11.0. The summed E-state index contributed by atoms with van der Waals surface area (Å²) in [4.78, 5) is 11.0. The van der Waals surface area contributed by atoms with E-state index in [4.69, 9.17) is 0 Å². The van der Waals surface area contributed by atoms with Crippen LogP contribution in [0.25, 0.3) is 0 Å². The lowest BCUT2D eigenvalue weighted by Gasteiger charge is -1.99. The molecule has 0 atom stereocenters. The van der Waals surface area contributed by atoms with E-state index >= 15 is 0 Å². The van der Waals surface area contributed by atoms with Crippen molar-refractivity contribution in [1.29, 1.82) is 0 Å². The van der Waals surface area contributed by atoms with Crippen molar-refractivity contribution in [1.82, 2.24) is 14.8 Å². The third kappa shape index (κ3) is 0.920. The topological polar surface area (TPSA) is 47.8 Å². The molecule has 1 rings (SSSR count). The Balaban J connectivity index is 3.50. The van der Waals surface area contributed by atoms with E-state index in [0.29, 0.717) is 11.5 Å². The van der Waals surface area contributed by atoms with Crippen molar-refractivity contribution in [2.75, 3.05) is 0 Å². The zero-order valence-corrected chi connectivity index (χ0v) is 6.25. The number of rotatable bonds is 0. The fourth-order valence-corrected chi connectivity index (χ4v) is 0.647. The summed E-state index contributed by atoms with van der Waals surface area (Å²) < 4.78 is 1.47. The van der Waals surface area contributed by atoms with E-state index in [1.165, 1.54) is 4.57 Å². The molecule has 0 spiro atoms. The lowest BCUT2D eigenvalue weighted by atomic mass is 10.5. The van der Waals surface area contributed by atoms with Crippen LogP contribution in [0.4, 0.5) is 0 Å². The van der Waals surface area contributed by atoms with Gasteiger partial charge < -0.3 is 0 Å². The maximum absolute atomic E-state index is 11.0. The highest BCUT2D eigenvalue weighted by atomic mass is 16.1. The number of aromatic nitrogens is 3. The standard InChI is InChI=1S/C6H9N3O/c1-4-6(10)9(3)5(2)8-7-4/h1-3H3. The quantitative estimate of drug-likeness (QED) is 0.499. The zero-order chi connectivity index (χ0) is 7.72. The molecular formula is C6H9N3O. The highest BCUT2D eigenvalue weighted by Gasteiger charge is 1.98. The van der Waals surface area contributed by atoms with Gasteiger partial charge in [-0.25, -0.2) is 0 Å². The minimum atomic E-state index is -0.0764. The molecule has 0 radical (unpaired) electrons.